The number of aryl methyl sites for hydroxylation is 1. The van der Waals surface area contributed by atoms with Gasteiger partial charge in [0.05, 0.1) is 10.6 Å². The summed E-state index contributed by atoms with van der Waals surface area (Å²) in [6, 6.07) is 1.67. The SMILES string of the molecule is Cc1nc(-c2cc(C(=O)NCC(C)CO)co2)cs1. The van der Waals surface area contributed by atoms with Gasteiger partial charge in [0.15, 0.2) is 5.76 Å². The number of furan rings is 1. The molecule has 2 aromatic rings. The molecule has 2 aromatic heterocycles. The quantitative estimate of drug-likeness (QED) is 0.879. The first-order valence-electron chi connectivity index (χ1n) is 6.00. The maximum atomic E-state index is 11.8. The van der Waals surface area contributed by atoms with Crippen LogP contribution in [0.3, 0.4) is 0 Å². The summed E-state index contributed by atoms with van der Waals surface area (Å²) in [6.07, 6.45) is 1.42. The van der Waals surface area contributed by atoms with Crippen molar-refractivity contribution in [3.8, 4) is 11.5 Å². The number of rotatable bonds is 5. The fraction of sp³-hybridized carbons (Fsp3) is 0.385. The third kappa shape index (κ3) is 3.42. The Bertz CT molecular complexity index is 562. The molecule has 1 atom stereocenters. The van der Waals surface area contributed by atoms with E-state index in [0.29, 0.717) is 17.9 Å². The molecule has 2 rings (SSSR count). The van der Waals surface area contributed by atoms with Crippen LogP contribution in [0.2, 0.25) is 0 Å². The van der Waals surface area contributed by atoms with E-state index in [9.17, 15) is 4.79 Å². The number of hydrogen-bond acceptors (Lipinski definition) is 5. The van der Waals surface area contributed by atoms with E-state index >= 15 is 0 Å². The lowest BCUT2D eigenvalue weighted by Gasteiger charge is -2.07. The van der Waals surface area contributed by atoms with E-state index < -0.39 is 0 Å². The molecule has 1 unspecified atom stereocenters. The van der Waals surface area contributed by atoms with Crippen LogP contribution in [0.25, 0.3) is 11.5 Å². The van der Waals surface area contributed by atoms with Crippen LogP contribution in [-0.4, -0.2) is 29.1 Å². The standard InChI is InChI=1S/C13H16N2O3S/c1-8(5-16)4-14-13(17)10-3-12(18-6-10)11-7-19-9(2)15-11/h3,6-8,16H,4-5H2,1-2H3,(H,14,17). The Kier molecular flexibility index (Phi) is 4.34. The topological polar surface area (TPSA) is 75.4 Å². The Labute approximate surface area is 115 Å². The number of nitrogens with zero attached hydrogens (tertiary/aromatic N) is 1. The van der Waals surface area contributed by atoms with Crippen molar-refractivity contribution in [2.45, 2.75) is 13.8 Å². The number of carbonyl (C=O) groups is 1. The van der Waals surface area contributed by atoms with E-state index in [2.05, 4.69) is 10.3 Å². The van der Waals surface area contributed by atoms with Crippen LogP contribution in [-0.2, 0) is 0 Å². The second kappa shape index (κ2) is 5.99. The van der Waals surface area contributed by atoms with E-state index in [1.807, 2.05) is 19.2 Å². The van der Waals surface area contributed by atoms with Gasteiger partial charge in [0, 0.05) is 18.5 Å². The van der Waals surface area contributed by atoms with Crippen molar-refractivity contribution in [3.05, 3.63) is 28.3 Å². The third-order valence-electron chi connectivity index (χ3n) is 2.66. The van der Waals surface area contributed by atoms with Crippen LogP contribution < -0.4 is 5.32 Å². The van der Waals surface area contributed by atoms with E-state index in [-0.39, 0.29) is 18.4 Å². The minimum atomic E-state index is -0.206. The second-order valence-electron chi connectivity index (χ2n) is 4.45. The predicted molar refractivity (Wildman–Crippen MR) is 73.1 cm³/mol. The first-order valence-corrected chi connectivity index (χ1v) is 6.88. The molecule has 19 heavy (non-hydrogen) atoms. The first kappa shape index (κ1) is 13.8. The van der Waals surface area contributed by atoms with Gasteiger partial charge in [-0.1, -0.05) is 6.92 Å². The molecule has 5 nitrogen and oxygen atoms in total. The van der Waals surface area contributed by atoms with Crippen LogP contribution in [0.15, 0.2) is 22.1 Å². The van der Waals surface area contributed by atoms with Crippen LogP contribution in [0.4, 0.5) is 0 Å². The Balaban J connectivity index is 2.02. The number of aliphatic hydroxyl groups excluding tert-OH is 1. The summed E-state index contributed by atoms with van der Waals surface area (Å²) in [4.78, 5) is 16.1. The largest absolute Gasteiger partial charge is 0.462 e. The normalized spacial score (nSPS) is 12.4. The number of thiazole rings is 1. The van der Waals surface area contributed by atoms with Gasteiger partial charge in [0.1, 0.15) is 12.0 Å². The molecule has 0 spiro atoms. The van der Waals surface area contributed by atoms with Crippen molar-refractivity contribution in [1.82, 2.24) is 10.3 Å². The zero-order valence-electron chi connectivity index (χ0n) is 10.8. The molecule has 0 aliphatic heterocycles. The molecule has 6 heteroatoms. The van der Waals surface area contributed by atoms with Crippen molar-refractivity contribution >= 4 is 17.2 Å². The van der Waals surface area contributed by atoms with Gasteiger partial charge in [-0.2, -0.15) is 0 Å². The van der Waals surface area contributed by atoms with Crippen molar-refractivity contribution in [2.24, 2.45) is 5.92 Å². The molecule has 2 heterocycles. The monoisotopic (exact) mass is 280 g/mol. The highest BCUT2D eigenvalue weighted by atomic mass is 32.1. The van der Waals surface area contributed by atoms with Crippen molar-refractivity contribution in [1.29, 1.82) is 0 Å². The maximum absolute atomic E-state index is 11.8. The van der Waals surface area contributed by atoms with Crippen molar-refractivity contribution in [2.75, 3.05) is 13.2 Å². The van der Waals surface area contributed by atoms with Crippen LogP contribution in [0.1, 0.15) is 22.3 Å². The molecular weight excluding hydrogens is 264 g/mol. The van der Waals surface area contributed by atoms with Crippen LogP contribution in [0.5, 0.6) is 0 Å². The van der Waals surface area contributed by atoms with Gasteiger partial charge < -0.3 is 14.8 Å². The molecule has 0 aromatic carbocycles. The smallest absolute Gasteiger partial charge is 0.254 e. The first-order chi connectivity index (χ1) is 9.10. The zero-order valence-corrected chi connectivity index (χ0v) is 11.7. The predicted octanol–water partition coefficient (Wildman–Crippen LogP) is 2.07. The van der Waals surface area contributed by atoms with Crippen LogP contribution in [0, 0.1) is 12.8 Å². The van der Waals surface area contributed by atoms with E-state index in [1.165, 1.54) is 17.6 Å². The number of carbonyl (C=O) groups excluding carboxylic acids is 1. The van der Waals surface area contributed by atoms with Gasteiger partial charge in [0.25, 0.3) is 5.91 Å². The fourth-order valence-corrected chi connectivity index (χ4v) is 2.10. The summed E-state index contributed by atoms with van der Waals surface area (Å²) in [6.45, 7) is 4.26. The fourth-order valence-electron chi connectivity index (χ4n) is 1.50. The summed E-state index contributed by atoms with van der Waals surface area (Å²) < 4.78 is 5.35. The minimum Gasteiger partial charge on any atom is -0.462 e. The lowest BCUT2D eigenvalue weighted by Crippen LogP contribution is -2.29. The molecule has 0 saturated carbocycles. The lowest BCUT2D eigenvalue weighted by molar-refractivity contribution is 0.0941. The summed E-state index contributed by atoms with van der Waals surface area (Å²) >= 11 is 1.53. The highest BCUT2D eigenvalue weighted by Crippen LogP contribution is 2.23. The van der Waals surface area contributed by atoms with E-state index in [0.717, 1.165) is 10.7 Å². The molecule has 0 aliphatic carbocycles. The molecule has 2 N–H and O–H groups in total. The molecule has 102 valence electrons. The summed E-state index contributed by atoms with van der Waals surface area (Å²) in [5, 5.41) is 14.5. The highest BCUT2D eigenvalue weighted by molar-refractivity contribution is 7.09. The van der Waals surface area contributed by atoms with Crippen molar-refractivity contribution in [3.63, 3.8) is 0 Å². The average Bonchev–Trinajstić information content (AvgIpc) is 3.03. The number of nitrogens with one attached hydrogen (secondary N) is 1. The average molecular weight is 280 g/mol. The number of aromatic nitrogens is 1. The maximum Gasteiger partial charge on any atom is 0.254 e. The Morgan fingerprint density at radius 1 is 1.63 bits per heavy atom. The van der Waals surface area contributed by atoms with Gasteiger partial charge in [0.2, 0.25) is 0 Å². The molecule has 1 amide bonds. The van der Waals surface area contributed by atoms with E-state index in [4.69, 9.17) is 9.52 Å². The number of hydrogen-bond donors (Lipinski definition) is 2. The van der Waals surface area contributed by atoms with Gasteiger partial charge in [-0.25, -0.2) is 4.98 Å². The van der Waals surface area contributed by atoms with Gasteiger partial charge in [-0.15, -0.1) is 11.3 Å². The Morgan fingerprint density at radius 2 is 2.42 bits per heavy atom. The van der Waals surface area contributed by atoms with Crippen molar-refractivity contribution < 1.29 is 14.3 Å². The molecule has 0 aliphatic rings. The summed E-state index contributed by atoms with van der Waals surface area (Å²) in [7, 11) is 0. The molecule has 0 saturated heterocycles. The second-order valence-corrected chi connectivity index (χ2v) is 5.51. The summed E-state index contributed by atoms with van der Waals surface area (Å²) in [5.74, 6) is 0.420. The summed E-state index contributed by atoms with van der Waals surface area (Å²) in [5.41, 5.74) is 1.20. The lowest BCUT2D eigenvalue weighted by atomic mass is 10.2. The van der Waals surface area contributed by atoms with Gasteiger partial charge in [-0.05, 0) is 18.9 Å². The van der Waals surface area contributed by atoms with E-state index in [1.54, 1.807) is 6.07 Å². The number of amides is 1. The van der Waals surface area contributed by atoms with Crippen LogP contribution >= 0.6 is 11.3 Å². The molecular formula is C13H16N2O3S. The highest BCUT2D eigenvalue weighted by Gasteiger charge is 2.13. The zero-order chi connectivity index (χ0) is 13.8. The molecule has 0 bridgehead atoms. The van der Waals surface area contributed by atoms with Gasteiger partial charge in [-0.3, -0.25) is 4.79 Å². The number of aliphatic hydroxyl groups is 1. The van der Waals surface area contributed by atoms with Gasteiger partial charge >= 0.3 is 0 Å². The Hall–Kier alpha value is -1.66. The third-order valence-corrected chi connectivity index (χ3v) is 3.43. The molecule has 0 radical (unpaired) electrons. The molecule has 0 fully saturated rings. The minimum absolute atomic E-state index is 0.0384. The Morgan fingerprint density at radius 3 is 3.05 bits per heavy atom.